The van der Waals surface area contributed by atoms with E-state index in [9.17, 15) is 0 Å². The summed E-state index contributed by atoms with van der Waals surface area (Å²) in [4.78, 5) is 13.5. The zero-order chi connectivity index (χ0) is 14.4. The molecular weight excluding hydrogens is 260 g/mol. The van der Waals surface area contributed by atoms with Crippen molar-refractivity contribution in [2.75, 3.05) is 18.0 Å². The Morgan fingerprint density at radius 1 is 1.14 bits per heavy atom. The molecule has 0 radical (unpaired) electrons. The van der Waals surface area contributed by atoms with Gasteiger partial charge in [-0.15, -0.1) is 0 Å². The van der Waals surface area contributed by atoms with Crippen molar-refractivity contribution < 1.29 is 0 Å². The van der Waals surface area contributed by atoms with Gasteiger partial charge in [-0.2, -0.15) is 0 Å². The van der Waals surface area contributed by atoms with Gasteiger partial charge in [0.2, 0.25) is 5.95 Å². The normalized spacial score (nSPS) is 26.7. The maximum atomic E-state index is 4.78. The molecule has 0 spiro atoms. The van der Waals surface area contributed by atoms with Crippen LogP contribution in [0.4, 0.5) is 5.95 Å². The Labute approximate surface area is 126 Å². The standard InChI is InChI=1S/C17H24N4/c1-12(2)21-13-7-8-14(21)11-20(10-9-13)17-18-15-5-3-4-6-16(15)19-17/h3-6,12-14H,7-11H2,1-2H3,(H,18,19). The number of hydrogen-bond acceptors (Lipinski definition) is 3. The lowest BCUT2D eigenvalue weighted by atomic mass is 10.1. The molecular formula is C17H24N4. The van der Waals surface area contributed by atoms with Crippen LogP contribution < -0.4 is 4.90 Å². The van der Waals surface area contributed by atoms with Gasteiger partial charge in [-0.3, -0.25) is 4.90 Å². The second-order valence-corrected chi connectivity index (χ2v) is 6.74. The molecule has 1 aromatic carbocycles. The predicted octanol–water partition coefficient (Wildman–Crippen LogP) is 3.01. The first kappa shape index (κ1) is 13.1. The monoisotopic (exact) mass is 284 g/mol. The first-order valence-electron chi connectivity index (χ1n) is 8.19. The predicted molar refractivity (Wildman–Crippen MR) is 86.7 cm³/mol. The van der Waals surface area contributed by atoms with Crippen LogP contribution in [0.2, 0.25) is 0 Å². The van der Waals surface area contributed by atoms with E-state index in [2.05, 4.69) is 52.9 Å². The van der Waals surface area contributed by atoms with Gasteiger partial charge in [0.1, 0.15) is 0 Å². The molecule has 2 fully saturated rings. The highest BCUT2D eigenvalue weighted by Gasteiger charge is 2.38. The fraction of sp³-hybridized carbons (Fsp3) is 0.588. The van der Waals surface area contributed by atoms with Gasteiger partial charge in [0.25, 0.3) is 0 Å². The number of anilines is 1. The number of H-pyrrole nitrogens is 1. The van der Waals surface area contributed by atoms with Gasteiger partial charge in [-0.05, 0) is 45.2 Å². The number of nitrogens with zero attached hydrogens (tertiary/aromatic N) is 3. The van der Waals surface area contributed by atoms with Crippen molar-refractivity contribution in [3.8, 4) is 0 Å². The Hall–Kier alpha value is -1.55. The minimum atomic E-state index is 0.651. The molecule has 2 saturated heterocycles. The van der Waals surface area contributed by atoms with Gasteiger partial charge >= 0.3 is 0 Å². The van der Waals surface area contributed by atoms with Gasteiger partial charge in [-0.25, -0.2) is 4.98 Å². The molecule has 2 aliphatic heterocycles. The summed E-state index contributed by atoms with van der Waals surface area (Å²) in [6, 6.07) is 10.4. The Bertz CT molecular complexity index is 600. The van der Waals surface area contributed by atoms with Crippen LogP contribution >= 0.6 is 0 Å². The summed E-state index contributed by atoms with van der Waals surface area (Å²) in [6.07, 6.45) is 3.96. The summed E-state index contributed by atoms with van der Waals surface area (Å²) >= 11 is 0. The van der Waals surface area contributed by atoms with Crippen LogP contribution in [-0.2, 0) is 0 Å². The van der Waals surface area contributed by atoms with Crippen LogP contribution in [0, 0.1) is 0 Å². The Morgan fingerprint density at radius 3 is 2.76 bits per heavy atom. The van der Waals surface area contributed by atoms with E-state index < -0.39 is 0 Å². The fourth-order valence-electron chi connectivity index (χ4n) is 4.24. The van der Waals surface area contributed by atoms with Crippen LogP contribution in [0.5, 0.6) is 0 Å². The number of para-hydroxylation sites is 2. The quantitative estimate of drug-likeness (QED) is 0.920. The van der Waals surface area contributed by atoms with Crippen molar-refractivity contribution >= 4 is 17.0 Å². The number of rotatable bonds is 2. The van der Waals surface area contributed by atoms with Gasteiger partial charge in [0.15, 0.2) is 0 Å². The third-order valence-electron chi connectivity index (χ3n) is 5.11. The topological polar surface area (TPSA) is 35.2 Å². The molecule has 2 aliphatic rings. The largest absolute Gasteiger partial charge is 0.341 e. The molecule has 1 aromatic heterocycles. The van der Waals surface area contributed by atoms with E-state index in [0.717, 1.165) is 36.1 Å². The van der Waals surface area contributed by atoms with E-state index in [-0.39, 0.29) is 0 Å². The van der Waals surface area contributed by atoms with Crippen molar-refractivity contribution in [1.82, 2.24) is 14.9 Å². The SMILES string of the molecule is CC(C)N1C2CCC1CN(c1nc3ccccc3[nH]1)CC2. The lowest BCUT2D eigenvalue weighted by Crippen LogP contribution is -2.43. The number of hydrogen-bond donors (Lipinski definition) is 1. The number of imidazole rings is 1. The molecule has 112 valence electrons. The Balaban J connectivity index is 1.62. The lowest BCUT2D eigenvalue weighted by Gasteiger charge is -2.32. The summed E-state index contributed by atoms with van der Waals surface area (Å²) in [5.41, 5.74) is 2.21. The molecule has 21 heavy (non-hydrogen) atoms. The van der Waals surface area contributed by atoms with Gasteiger partial charge < -0.3 is 9.88 Å². The lowest BCUT2D eigenvalue weighted by molar-refractivity contribution is 0.158. The summed E-state index contributed by atoms with van der Waals surface area (Å²) < 4.78 is 0. The molecule has 2 aromatic rings. The van der Waals surface area contributed by atoms with Gasteiger partial charge in [0.05, 0.1) is 11.0 Å². The van der Waals surface area contributed by atoms with Crippen LogP contribution in [0.25, 0.3) is 11.0 Å². The number of aromatic nitrogens is 2. The molecule has 4 nitrogen and oxygen atoms in total. The van der Waals surface area contributed by atoms with E-state index in [4.69, 9.17) is 4.98 Å². The molecule has 3 heterocycles. The number of aromatic amines is 1. The van der Waals surface area contributed by atoms with Crippen molar-refractivity contribution in [2.45, 2.75) is 51.2 Å². The van der Waals surface area contributed by atoms with Crippen LogP contribution in [-0.4, -0.2) is 46.1 Å². The summed E-state index contributed by atoms with van der Waals surface area (Å²) in [7, 11) is 0. The zero-order valence-corrected chi connectivity index (χ0v) is 12.9. The average molecular weight is 284 g/mol. The first-order valence-corrected chi connectivity index (χ1v) is 8.19. The van der Waals surface area contributed by atoms with Crippen LogP contribution in [0.3, 0.4) is 0 Å². The Morgan fingerprint density at radius 2 is 1.95 bits per heavy atom. The minimum Gasteiger partial charge on any atom is -0.341 e. The molecule has 1 N–H and O–H groups in total. The molecule has 0 amide bonds. The van der Waals surface area contributed by atoms with Crippen molar-refractivity contribution in [3.05, 3.63) is 24.3 Å². The van der Waals surface area contributed by atoms with E-state index in [1.807, 2.05) is 0 Å². The first-order chi connectivity index (χ1) is 10.2. The highest BCUT2D eigenvalue weighted by atomic mass is 15.3. The second kappa shape index (κ2) is 5.02. The van der Waals surface area contributed by atoms with Crippen LogP contribution in [0.1, 0.15) is 33.1 Å². The smallest absolute Gasteiger partial charge is 0.203 e. The average Bonchev–Trinajstić information content (AvgIpc) is 2.99. The highest BCUT2D eigenvalue weighted by Crippen LogP contribution is 2.33. The van der Waals surface area contributed by atoms with Gasteiger partial charge in [-0.1, -0.05) is 12.1 Å². The van der Waals surface area contributed by atoms with Crippen LogP contribution in [0.15, 0.2) is 24.3 Å². The van der Waals surface area contributed by atoms with Gasteiger partial charge in [0, 0.05) is 31.2 Å². The van der Waals surface area contributed by atoms with Crippen molar-refractivity contribution in [1.29, 1.82) is 0 Å². The van der Waals surface area contributed by atoms with Crippen molar-refractivity contribution in [3.63, 3.8) is 0 Å². The minimum absolute atomic E-state index is 0.651. The molecule has 4 rings (SSSR count). The molecule has 0 saturated carbocycles. The number of nitrogens with one attached hydrogen (secondary N) is 1. The van der Waals surface area contributed by atoms with E-state index in [1.54, 1.807) is 0 Å². The number of fused-ring (bicyclic) bond motifs is 3. The summed E-state index contributed by atoms with van der Waals surface area (Å²) in [6.45, 7) is 6.89. The molecule has 2 atom stereocenters. The maximum Gasteiger partial charge on any atom is 0.203 e. The zero-order valence-electron chi connectivity index (χ0n) is 12.9. The molecule has 0 aliphatic carbocycles. The van der Waals surface area contributed by atoms with E-state index in [0.29, 0.717) is 12.1 Å². The molecule has 4 heteroatoms. The van der Waals surface area contributed by atoms with E-state index in [1.165, 1.54) is 19.3 Å². The Kier molecular flexibility index (Phi) is 3.14. The molecule has 2 bridgehead atoms. The molecule has 2 unspecified atom stereocenters. The highest BCUT2D eigenvalue weighted by molar-refractivity contribution is 5.77. The summed E-state index contributed by atoms with van der Waals surface area (Å²) in [5.74, 6) is 1.05. The maximum absolute atomic E-state index is 4.78. The number of benzene rings is 1. The van der Waals surface area contributed by atoms with Crippen molar-refractivity contribution in [2.24, 2.45) is 0 Å². The fourth-order valence-corrected chi connectivity index (χ4v) is 4.24. The second-order valence-electron chi connectivity index (χ2n) is 6.74. The summed E-state index contributed by atoms with van der Waals surface area (Å²) in [5, 5.41) is 0. The third kappa shape index (κ3) is 2.22. The van der Waals surface area contributed by atoms with E-state index >= 15 is 0 Å². The third-order valence-corrected chi connectivity index (χ3v) is 5.11.